The Morgan fingerprint density at radius 3 is 2.87 bits per heavy atom. The monoisotopic (exact) mass is 369 g/mol. The summed E-state index contributed by atoms with van der Waals surface area (Å²) < 4.78 is 5.30. The third-order valence-electron chi connectivity index (χ3n) is 3.89. The summed E-state index contributed by atoms with van der Waals surface area (Å²) in [5, 5.41) is 9.40. The molecule has 2 aliphatic heterocycles. The molecule has 1 aromatic heterocycles. The van der Waals surface area contributed by atoms with E-state index in [1.807, 2.05) is 0 Å². The van der Waals surface area contributed by atoms with E-state index in [2.05, 4.69) is 4.98 Å². The number of hydrogen-bond acceptors (Lipinski definition) is 6. The van der Waals surface area contributed by atoms with E-state index in [1.165, 1.54) is 0 Å². The summed E-state index contributed by atoms with van der Waals surface area (Å²) in [7, 11) is 0. The van der Waals surface area contributed by atoms with Crippen LogP contribution in [0.4, 0.5) is 0 Å². The number of hydrogen-bond donors (Lipinski definition) is 2. The number of aromatic amines is 1. The van der Waals surface area contributed by atoms with Crippen LogP contribution in [0.15, 0.2) is 28.0 Å². The van der Waals surface area contributed by atoms with Crippen LogP contribution >= 0.6 is 34.7 Å². The molecule has 118 valence electrons. The van der Waals surface area contributed by atoms with Crippen LogP contribution in [0.2, 0.25) is 5.02 Å². The lowest BCUT2D eigenvalue weighted by Gasteiger charge is -2.37. The summed E-state index contributed by atoms with van der Waals surface area (Å²) in [6.07, 6.45) is 0. The van der Waals surface area contributed by atoms with Gasteiger partial charge in [0.05, 0.1) is 10.9 Å². The molecular formula is C14H8ClNO5S2. The second-order valence-electron chi connectivity index (χ2n) is 5.19. The molecule has 3 atom stereocenters. The largest absolute Gasteiger partial charge is 0.480 e. The number of H-pyrrole nitrogens is 1. The fourth-order valence-corrected chi connectivity index (χ4v) is 5.56. The molecule has 2 aliphatic rings. The number of benzene rings is 1. The van der Waals surface area contributed by atoms with Crippen molar-refractivity contribution in [3.63, 3.8) is 0 Å². The minimum atomic E-state index is -1.12. The number of aromatic nitrogens is 1. The molecule has 0 saturated carbocycles. The van der Waals surface area contributed by atoms with Crippen LogP contribution in [-0.4, -0.2) is 27.3 Å². The molecule has 2 N–H and O–H groups in total. The summed E-state index contributed by atoms with van der Waals surface area (Å²) in [5.74, 6) is -2.82. The molecule has 9 heteroatoms. The zero-order valence-electron chi connectivity index (χ0n) is 11.2. The third kappa shape index (κ3) is 2.20. The Kier molecular flexibility index (Phi) is 3.29. The Balaban J connectivity index is 2.00. The zero-order valence-corrected chi connectivity index (χ0v) is 13.6. The van der Waals surface area contributed by atoms with E-state index in [4.69, 9.17) is 16.3 Å². The molecule has 0 aliphatic carbocycles. The SMILES string of the molecule is O=C1Oc2ccc(Cl)cc2[C@H]2c3sc(=O)[nH]c3S[C@@H](C(=O)O)[C@@H]12. The number of carboxylic acids is 1. The first kappa shape index (κ1) is 14.8. The quantitative estimate of drug-likeness (QED) is 0.591. The molecule has 1 aromatic carbocycles. The van der Waals surface area contributed by atoms with Gasteiger partial charge in [-0.05, 0) is 18.2 Å². The van der Waals surface area contributed by atoms with E-state index >= 15 is 0 Å². The molecule has 0 bridgehead atoms. The first-order valence-corrected chi connectivity index (χ1v) is 8.66. The molecule has 23 heavy (non-hydrogen) atoms. The van der Waals surface area contributed by atoms with Gasteiger partial charge >= 0.3 is 16.8 Å². The molecule has 0 spiro atoms. The Hall–Kier alpha value is -1.77. The second-order valence-corrected chi connectivity index (χ2v) is 7.79. The van der Waals surface area contributed by atoms with Crippen LogP contribution in [0.25, 0.3) is 0 Å². The van der Waals surface area contributed by atoms with Crippen molar-refractivity contribution in [1.29, 1.82) is 0 Å². The molecule has 0 unspecified atom stereocenters. The van der Waals surface area contributed by atoms with Gasteiger partial charge in [0.15, 0.2) is 0 Å². The highest BCUT2D eigenvalue weighted by Crippen LogP contribution is 2.53. The smallest absolute Gasteiger partial charge is 0.317 e. The summed E-state index contributed by atoms with van der Waals surface area (Å²) in [4.78, 5) is 38.8. The Labute approximate surface area is 142 Å². The average molecular weight is 370 g/mol. The van der Waals surface area contributed by atoms with Gasteiger partial charge in [-0.2, -0.15) is 0 Å². The van der Waals surface area contributed by atoms with E-state index in [9.17, 15) is 19.5 Å². The van der Waals surface area contributed by atoms with Crippen LogP contribution in [0.5, 0.6) is 5.75 Å². The maximum absolute atomic E-state index is 12.4. The number of esters is 1. The number of thiazole rings is 1. The topological polar surface area (TPSA) is 96.5 Å². The van der Waals surface area contributed by atoms with Gasteiger partial charge in [0, 0.05) is 21.4 Å². The van der Waals surface area contributed by atoms with Gasteiger partial charge in [0.2, 0.25) is 0 Å². The van der Waals surface area contributed by atoms with Gasteiger partial charge < -0.3 is 14.8 Å². The second kappa shape index (κ2) is 5.12. The van der Waals surface area contributed by atoms with Gasteiger partial charge in [0.1, 0.15) is 11.0 Å². The van der Waals surface area contributed by atoms with Gasteiger partial charge in [-0.1, -0.05) is 34.7 Å². The maximum atomic E-state index is 12.4. The molecule has 2 aromatic rings. The van der Waals surface area contributed by atoms with Crippen molar-refractivity contribution in [2.24, 2.45) is 5.92 Å². The fourth-order valence-electron chi connectivity index (χ4n) is 2.99. The Morgan fingerprint density at radius 1 is 1.35 bits per heavy atom. The van der Waals surface area contributed by atoms with Gasteiger partial charge in [-0.3, -0.25) is 14.4 Å². The van der Waals surface area contributed by atoms with E-state index in [-0.39, 0.29) is 4.87 Å². The van der Waals surface area contributed by atoms with Crippen molar-refractivity contribution in [3.05, 3.63) is 43.3 Å². The minimum absolute atomic E-state index is 0.283. The molecule has 4 rings (SSSR count). The highest BCUT2D eigenvalue weighted by atomic mass is 35.5. The van der Waals surface area contributed by atoms with Crippen molar-refractivity contribution < 1.29 is 19.4 Å². The van der Waals surface area contributed by atoms with Crippen LogP contribution in [0.3, 0.4) is 0 Å². The van der Waals surface area contributed by atoms with Crippen LogP contribution in [0, 0.1) is 5.92 Å². The molecule has 0 saturated heterocycles. The van der Waals surface area contributed by atoms with Crippen molar-refractivity contribution in [3.8, 4) is 5.75 Å². The number of rotatable bonds is 1. The summed E-state index contributed by atoms with van der Waals surface area (Å²) in [6.45, 7) is 0. The first-order valence-electron chi connectivity index (χ1n) is 6.59. The summed E-state index contributed by atoms with van der Waals surface area (Å²) in [5.41, 5.74) is 0.630. The van der Waals surface area contributed by atoms with E-state index in [0.29, 0.717) is 26.2 Å². The van der Waals surface area contributed by atoms with Crippen LogP contribution in [-0.2, 0) is 9.59 Å². The maximum Gasteiger partial charge on any atom is 0.317 e. The molecule has 0 radical (unpaired) electrons. The van der Waals surface area contributed by atoms with Crippen molar-refractivity contribution in [2.75, 3.05) is 0 Å². The lowest BCUT2D eigenvalue weighted by molar-refractivity contribution is -0.147. The standard InChI is InChI=1S/C14H8ClNO5S2/c15-4-1-2-6-5(3-4)7-8(13(19)21-6)10(12(17)18)22-11-9(7)23-14(20)16-11/h1-3,7-8,10H,(H,16,20)(H,17,18)/t7-,8+,10-/m1/s1. The van der Waals surface area contributed by atoms with Crippen LogP contribution < -0.4 is 9.61 Å². The molecular weight excluding hydrogens is 362 g/mol. The normalized spacial score (nSPS) is 25.1. The number of nitrogens with one attached hydrogen (secondary N) is 1. The highest BCUT2D eigenvalue weighted by Gasteiger charge is 2.51. The van der Waals surface area contributed by atoms with E-state index in [1.54, 1.807) is 18.2 Å². The molecule has 6 nitrogen and oxygen atoms in total. The number of carbonyl (C=O) groups excluding carboxylic acids is 1. The number of fused-ring (bicyclic) bond motifs is 5. The highest BCUT2D eigenvalue weighted by molar-refractivity contribution is 8.00. The Bertz CT molecular complexity index is 905. The average Bonchev–Trinajstić information content (AvgIpc) is 2.86. The van der Waals surface area contributed by atoms with E-state index in [0.717, 1.165) is 23.1 Å². The number of carboxylic acid groups (broad SMARTS) is 1. The van der Waals surface area contributed by atoms with Gasteiger partial charge in [-0.25, -0.2) is 0 Å². The van der Waals surface area contributed by atoms with Gasteiger partial charge in [-0.15, -0.1) is 0 Å². The number of halogens is 1. The first-order chi connectivity index (χ1) is 11.0. The summed E-state index contributed by atoms with van der Waals surface area (Å²) >= 11 is 8.01. The minimum Gasteiger partial charge on any atom is -0.480 e. The fraction of sp³-hybridized carbons (Fsp3) is 0.214. The molecule has 0 amide bonds. The Morgan fingerprint density at radius 2 is 2.13 bits per heavy atom. The predicted octanol–water partition coefficient (Wildman–Crippen LogP) is 2.32. The zero-order chi connectivity index (χ0) is 16.3. The van der Waals surface area contributed by atoms with E-state index < -0.39 is 29.0 Å². The van der Waals surface area contributed by atoms with Gasteiger partial charge in [0.25, 0.3) is 0 Å². The third-order valence-corrected chi connectivity index (χ3v) is 6.52. The number of aliphatic carboxylic acids is 1. The summed E-state index contributed by atoms with van der Waals surface area (Å²) in [6, 6.07) is 4.84. The van der Waals surface area contributed by atoms with Crippen LogP contribution in [0.1, 0.15) is 16.4 Å². The number of ether oxygens (including phenoxy) is 1. The van der Waals surface area contributed by atoms with Crippen molar-refractivity contribution >= 4 is 46.6 Å². The lowest BCUT2D eigenvalue weighted by Crippen LogP contribution is -2.44. The molecule has 3 heterocycles. The predicted molar refractivity (Wildman–Crippen MR) is 84.6 cm³/mol. The number of carbonyl (C=O) groups is 2. The van der Waals surface area contributed by atoms with Crippen molar-refractivity contribution in [1.82, 2.24) is 4.98 Å². The number of thioether (sulfide) groups is 1. The van der Waals surface area contributed by atoms with Crippen molar-refractivity contribution in [2.45, 2.75) is 16.2 Å². The lowest BCUT2D eigenvalue weighted by atomic mass is 9.80. The molecule has 0 fully saturated rings.